The Labute approximate surface area is 227 Å². The van der Waals surface area contributed by atoms with E-state index in [4.69, 9.17) is 0 Å². The number of nitrogens with zero attached hydrogens (tertiary/aromatic N) is 1. The maximum Gasteiger partial charge on any atom is 0.416 e. The molecule has 39 heavy (non-hydrogen) atoms. The number of halogens is 3. The lowest BCUT2D eigenvalue weighted by Crippen LogP contribution is -2.38. The molecule has 212 valence electrons. The van der Waals surface area contributed by atoms with Gasteiger partial charge < -0.3 is 10.1 Å². The van der Waals surface area contributed by atoms with Crippen molar-refractivity contribution in [3.05, 3.63) is 70.8 Å². The number of alkyl carbamates (subject to hydrolysis) is 1. The highest BCUT2D eigenvalue weighted by Gasteiger charge is 2.37. The van der Waals surface area contributed by atoms with Gasteiger partial charge in [-0.1, -0.05) is 64.1 Å². The molecule has 1 saturated heterocycles. The molecule has 2 aromatic rings. The molecule has 1 heterocycles. The quantitative estimate of drug-likeness (QED) is 0.399. The van der Waals surface area contributed by atoms with Crippen molar-refractivity contribution in [3.63, 3.8) is 0 Å². The number of Topliss-reactive ketones (excluding diaryl/α,β-unsaturated/α-hetero) is 2. The second-order valence-corrected chi connectivity index (χ2v) is 11.2. The number of amides is 1. The van der Waals surface area contributed by atoms with E-state index in [0.717, 1.165) is 56.3 Å². The van der Waals surface area contributed by atoms with Crippen molar-refractivity contribution < 1.29 is 32.3 Å². The molecule has 0 aliphatic carbocycles. The largest absolute Gasteiger partial charge is 0.453 e. The third-order valence-electron chi connectivity index (χ3n) is 7.07. The average molecular weight is 547 g/mol. The number of rotatable bonds is 9. The van der Waals surface area contributed by atoms with Crippen LogP contribution in [0.15, 0.2) is 48.5 Å². The molecule has 0 saturated carbocycles. The number of benzene rings is 2. The average Bonchev–Trinajstić information content (AvgIpc) is 3.40. The van der Waals surface area contributed by atoms with Crippen molar-refractivity contribution >= 4 is 17.7 Å². The lowest BCUT2D eigenvalue weighted by molar-refractivity contribution is -0.137. The third-order valence-corrected chi connectivity index (χ3v) is 7.07. The molecule has 9 heteroatoms. The lowest BCUT2D eigenvalue weighted by Gasteiger charge is -2.32. The number of ketones is 2. The summed E-state index contributed by atoms with van der Waals surface area (Å²) in [4.78, 5) is 41.2. The number of carbonyl (C=O) groups excluding carboxylic acids is 3. The second-order valence-electron chi connectivity index (χ2n) is 11.2. The van der Waals surface area contributed by atoms with Gasteiger partial charge in [0.2, 0.25) is 0 Å². The Bertz CT molecular complexity index is 1180. The van der Waals surface area contributed by atoms with Gasteiger partial charge in [0.15, 0.2) is 11.6 Å². The molecule has 1 amide bonds. The van der Waals surface area contributed by atoms with Crippen LogP contribution >= 0.6 is 0 Å². The van der Waals surface area contributed by atoms with Crippen molar-refractivity contribution in [2.75, 3.05) is 20.2 Å². The summed E-state index contributed by atoms with van der Waals surface area (Å²) in [6.07, 6.45) is -3.18. The van der Waals surface area contributed by atoms with E-state index in [1.807, 2.05) is 45.0 Å². The zero-order chi connectivity index (χ0) is 29.0. The summed E-state index contributed by atoms with van der Waals surface area (Å²) >= 11 is 0. The van der Waals surface area contributed by atoms with E-state index in [2.05, 4.69) is 15.0 Å². The van der Waals surface area contributed by atoms with Gasteiger partial charge in [0.05, 0.1) is 18.7 Å². The van der Waals surface area contributed by atoms with Gasteiger partial charge in [-0.15, -0.1) is 0 Å². The third kappa shape index (κ3) is 7.68. The first-order chi connectivity index (χ1) is 18.2. The van der Waals surface area contributed by atoms with Gasteiger partial charge in [0.1, 0.15) is 6.04 Å². The minimum absolute atomic E-state index is 0.0192. The summed E-state index contributed by atoms with van der Waals surface area (Å²) in [7, 11) is 1.12. The first kappa shape index (κ1) is 30.3. The number of nitrogens with one attached hydrogen (secondary N) is 1. The van der Waals surface area contributed by atoms with Crippen LogP contribution in [0.3, 0.4) is 0 Å². The molecule has 6 nitrogen and oxygen atoms in total. The van der Waals surface area contributed by atoms with Crippen LogP contribution in [0.2, 0.25) is 0 Å². The zero-order valence-corrected chi connectivity index (χ0v) is 23.1. The molecule has 0 aromatic heterocycles. The second kappa shape index (κ2) is 12.3. The lowest BCUT2D eigenvalue weighted by atomic mass is 9.82. The van der Waals surface area contributed by atoms with Gasteiger partial charge in [-0.05, 0) is 61.2 Å². The molecule has 3 unspecified atom stereocenters. The molecule has 3 atom stereocenters. The molecular formula is C30H37F3N2O4. The summed E-state index contributed by atoms with van der Waals surface area (Å²) in [5, 5.41) is 2.40. The monoisotopic (exact) mass is 546 g/mol. The Kier molecular flexibility index (Phi) is 9.59. The van der Waals surface area contributed by atoms with E-state index in [0.29, 0.717) is 0 Å². The predicted molar refractivity (Wildman–Crippen MR) is 142 cm³/mol. The summed E-state index contributed by atoms with van der Waals surface area (Å²) in [6, 6.07) is 10.2. The topological polar surface area (TPSA) is 75.7 Å². The number of alkyl halides is 3. The molecule has 1 N–H and O–H groups in total. The maximum atomic E-state index is 13.5. The molecule has 2 aromatic carbocycles. The summed E-state index contributed by atoms with van der Waals surface area (Å²) < 4.78 is 44.6. The fourth-order valence-electron chi connectivity index (χ4n) is 4.96. The predicted octanol–water partition coefficient (Wildman–Crippen LogP) is 6.30. The highest BCUT2D eigenvalue weighted by molar-refractivity contribution is 5.91. The number of likely N-dealkylation sites (tertiary alicyclic amines) is 1. The van der Waals surface area contributed by atoms with E-state index in [1.165, 1.54) is 12.1 Å². The van der Waals surface area contributed by atoms with E-state index in [1.54, 1.807) is 6.92 Å². The minimum Gasteiger partial charge on any atom is -0.453 e. The van der Waals surface area contributed by atoms with E-state index in [-0.39, 0.29) is 17.8 Å². The molecule has 0 spiro atoms. The van der Waals surface area contributed by atoms with Crippen LogP contribution in [0.25, 0.3) is 0 Å². The molecule has 0 bridgehead atoms. The summed E-state index contributed by atoms with van der Waals surface area (Å²) in [5.41, 5.74) is 0.243. The standard InChI is InChI=1S/C30H37F3N2O4/c1-19(26(36)24(34-28(38)39-5)21-11-9-13-23(18-21)30(31,32)33)16-20-10-8-12-22(17-20)25(27(37)29(2,3)4)35-14-6-7-15-35/h8-13,17-19,24-25H,6-7,14-16H2,1-5H3,(H,34,38). The van der Waals surface area contributed by atoms with Gasteiger partial charge in [-0.3, -0.25) is 14.5 Å². The Morgan fingerprint density at radius 3 is 2.18 bits per heavy atom. The fourth-order valence-corrected chi connectivity index (χ4v) is 4.96. The number of ether oxygens (including phenoxy) is 1. The summed E-state index contributed by atoms with van der Waals surface area (Å²) in [5.74, 6) is -0.981. The highest BCUT2D eigenvalue weighted by atomic mass is 19.4. The van der Waals surface area contributed by atoms with Crippen molar-refractivity contribution in [2.45, 2.75) is 65.2 Å². The van der Waals surface area contributed by atoms with Gasteiger partial charge in [0, 0.05) is 11.3 Å². The minimum atomic E-state index is -4.60. The van der Waals surface area contributed by atoms with Crippen LogP contribution in [0, 0.1) is 11.3 Å². The number of hydrogen-bond donors (Lipinski definition) is 1. The highest BCUT2D eigenvalue weighted by Crippen LogP contribution is 2.34. The number of methoxy groups -OCH3 is 1. The van der Waals surface area contributed by atoms with Crippen LogP contribution in [0.5, 0.6) is 0 Å². The smallest absolute Gasteiger partial charge is 0.416 e. The van der Waals surface area contributed by atoms with Crippen LogP contribution in [0.4, 0.5) is 18.0 Å². The zero-order valence-electron chi connectivity index (χ0n) is 23.1. The SMILES string of the molecule is COC(=O)NC(C(=O)C(C)Cc1cccc(C(C(=O)C(C)(C)C)N2CCCC2)c1)c1cccc(C(F)(F)F)c1. The first-order valence-corrected chi connectivity index (χ1v) is 13.1. The Balaban J connectivity index is 1.88. The normalized spacial score (nSPS) is 16.8. The van der Waals surface area contributed by atoms with Crippen molar-refractivity contribution in [3.8, 4) is 0 Å². The molecule has 1 aliphatic rings. The van der Waals surface area contributed by atoms with Crippen molar-refractivity contribution in [1.29, 1.82) is 0 Å². The first-order valence-electron chi connectivity index (χ1n) is 13.1. The van der Waals surface area contributed by atoms with Crippen LogP contribution in [-0.4, -0.2) is 42.8 Å². The Morgan fingerprint density at radius 2 is 1.59 bits per heavy atom. The van der Waals surface area contributed by atoms with E-state index < -0.39 is 47.0 Å². The van der Waals surface area contributed by atoms with Gasteiger partial charge in [-0.25, -0.2) is 4.79 Å². The Morgan fingerprint density at radius 1 is 0.974 bits per heavy atom. The number of hydrogen-bond acceptors (Lipinski definition) is 5. The van der Waals surface area contributed by atoms with Gasteiger partial charge in [0.25, 0.3) is 0 Å². The van der Waals surface area contributed by atoms with Gasteiger partial charge in [-0.2, -0.15) is 13.2 Å². The molecular weight excluding hydrogens is 509 g/mol. The van der Waals surface area contributed by atoms with Crippen LogP contribution < -0.4 is 5.32 Å². The fraction of sp³-hybridized carbons (Fsp3) is 0.500. The van der Waals surface area contributed by atoms with Crippen LogP contribution in [-0.2, 0) is 26.9 Å². The maximum absolute atomic E-state index is 13.5. The molecule has 1 aliphatic heterocycles. The van der Waals surface area contributed by atoms with Crippen molar-refractivity contribution in [1.82, 2.24) is 10.2 Å². The summed E-state index contributed by atoms with van der Waals surface area (Å²) in [6.45, 7) is 9.07. The molecule has 0 radical (unpaired) electrons. The van der Waals surface area contributed by atoms with E-state index >= 15 is 0 Å². The van der Waals surface area contributed by atoms with Crippen molar-refractivity contribution in [2.24, 2.45) is 11.3 Å². The molecule has 3 rings (SSSR count). The Hall–Kier alpha value is -3.20. The van der Waals surface area contributed by atoms with Crippen LogP contribution in [0.1, 0.15) is 74.9 Å². The molecule has 1 fully saturated rings. The van der Waals surface area contributed by atoms with Gasteiger partial charge >= 0.3 is 12.3 Å². The number of carbonyl (C=O) groups is 3. The van der Waals surface area contributed by atoms with E-state index in [9.17, 15) is 27.6 Å².